The van der Waals surface area contributed by atoms with E-state index in [0.717, 1.165) is 7.11 Å². The van der Waals surface area contributed by atoms with E-state index in [2.05, 4.69) is 4.74 Å². The van der Waals surface area contributed by atoms with Crippen LogP contribution in [-0.2, 0) is 23.9 Å². The molecule has 48 heavy (non-hydrogen) atoms. The molecule has 3 aromatic rings. The van der Waals surface area contributed by atoms with Crippen molar-refractivity contribution in [2.24, 2.45) is 17.8 Å². The Morgan fingerprint density at radius 2 is 1.46 bits per heavy atom. The van der Waals surface area contributed by atoms with E-state index in [4.69, 9.17) is 23.2 Å². The minimum atomic E-state index is -2.74. The van der Waals surface area contributed by atoms with E-state index in [-0.39, 0.29) is 39.0 Å². The first-order valence-electron chi connectivity index (χ1n) is 14.3. The lowest BCUT2D eigenvalue weighted by atomic mass is 9.56. The number of carbonyl (C=O) groups is 5. The fourth-order valence-electron chi connectivity index (χ4n) is 7.74. The number of methoxy groups -OCH3 is 1. The fourth-order valence-corrected chi connectivity index (χ4v) is 8.67. The maximum atomic E-state index is 15.2. The van der Waals surface area contributed by atoms with Crippen LogP contribution < -0.4 is 4.90 Å². The van der Waals surface area contributed by atoms with Crippen molar-refractivity contribution >= 4 is 69.4 Å². The predicted molar refractivity (Wildman–Crippen MR) is 156 cm³/mol. The first-order chi connectivity index (χ1) is 22.6. The smallest absolute Gasteiger partial charge is 0.423 e. The Kier molecular flexibility index (Phi) is 6.98. The number of hydrogen-bond donors (Lipinski definition) is 1. The minimum Gasteiger partial charge on any atom is -0.507 e. The molecule has 0 radical (unpaired) electrons. The zero-order valence-electron chi connectivity index (χ0n) is 24.2. The van der Waals surface area contributed by atoms with Gasteiger partial charge >= 0.3 is 6.09 Å². The molecule has 5 amide bonds. The number of anilines is 1. The summed E-state index contributed by atoms with van der Waals surface area (Å²) in [6.45, 7) is 0. The Morgan fingerprint density at radius 3 is 2.08 bits per heavy atom. The van der Waals surface area contributed by atoms with Gasteiger partial charge in [-0.15, -0.1) is 23.2 Å². The predicted octanol–water partition coefficient (Wildman–Crippen LogP) is 5.57. The number of rotatable bonds is 2. The number of allylic oxidation sites excluding steroid dienone is 2. The summed E-state index contributed by atoms with van der Waals surface area (Å²) in [6, 6.07) is 8.80. The second-order valence-corrected chi connectivity index (χ2v) is 13.1. The summed E-state index contributed by atoms with van der Waals surface area (Å²) in [5, 5.41) is 11.1. The molecular formula is C32H19Cl2F5N2O7. The lowest BCUT2D eigenvalue weighted by Crippen LogP contribution is -2.60. The number of halogens is 7. The molecule has 4 aliphatic rings. The summed E-state index contributed by atoms with van der Waals surface area (Å²) in [5.74, 6) is -23.1. The molecule has 6 unspecified atom stereocenters. The van der Waals surface area contributed by atoms with Crippen molar-refractivity contribution in [2.45, 2.75) is 28.5 Å². The number of phenolic OH excluding ortho intramolecular Hbond substituents is 1. The molecule has 6 atom stereocenters. The van der Waals surface area contributed by atoms with Crippen molar-refractivity contribution in [1.82, 2.24) is 4.90 Å². The second kappa shape index (κ2) is 10.5. The molecular weight excluding hydrogens is 690 g/mol. The van der Waals surface area contributed by atoms with Crippen LogP contribution in [0.15, 0.2) is 48.0 Å². The number of fused-ring (bicyclic) bond motifs is 5. The second-order valence-electron chi connectivity index (χ2n) is 11.9. The van der Waals surface area contributed by atoms with Crippen LogP contribution in [-0.4, -0.2) is 56.6 Å². The van der Waals surface area contributed by atoms with Crippen molar-refractivity contribution in [3.8, 4) is 5.75 Å². The first kappa shape index (κ1) is 32.0. The molecule has 1 N–H and O–H groups in total. The molecule has 1 saturated carbocycles. The summed E-state index contributed by atoms with van der Waals surface area (Å²) < 4.78 is 77.8. The van der Waals surface area contributed by atoms with E-state index in [1.165, 1.54) is 30.3 Å². The molecule has 7 rings (SSSR count). The van der Waals surface area contributed by atoms with Gasteiger partial charge in [0.2, 0.25) is 17.6 Å². The fraction of sp³-hybridized carbons (Fsp3) is 0.281. The Hall–Kier alpha value is -4.56. The van der Waals surface area contributed by atoms with Gasteiger partial charge < -0.3 is 9.84 Å². The van der Waals surface area contributed by atoms with Crippen molar-refractivity contribution < 1.29 is 55.8 Å². The molecule has 2 aliphatic heterocycles. The van der Waals surface area contributed by atoms with Crippen LogP contribution in [0.5, 0.6) is 5.75 Å². The average molecular weight is 709 g/mol. The molecule has 248 valence electrons. The van der Waals surface area contributed by atoms with Gasteiger partial charge in [0.1, 0.15) is 11.4 Å². The highest BCUT2D eigenvalue weighted by Gasteiger charge is 2.77. The van der Waals surface area contributed by atoms with Gasteiger partial charge in [0.05, 0.1) is 18.9 Å². The SMILES string of the molecule is COC(=O)N1C(=O)C2CC=C3C(CC4(Cl)C(=O)N(c5c(F)c(F)c(F)c(F)c5F)C(=O)C4(Cl)C3c3ccc(O)c4ccccc34)C2C1=O. The maximum Gasteiger partial charge on any atom is 0.423 e. The van der Waals surface area contributed by atoms with Gasteiger partial charge in [0.25, 0.3) is 11.8 Å². The summed E-state index contributed by atoms with van der Waals surface area (Å²) in [5.41, 5.74) is -1.57. The van der Waals surface area contributed by atoms with Crippen LogP contribution >= 0.6 is 23.2 Å². The average Bonchev–Trinajstić information content (AvgIpc) is 3.41. The Balaban J connectivity index is 1.51. The number of ether oxygens (including phenoxy) is 1. The van der Waals surface area contributed by atoms with Gasteiger partial charge in [0.15, 0.2) is 33.0 Å². The summed E-state index contributed by atoms with van der Waals surface area (Å²) in [4.78, 5) is 62.6. The van der Waals surface area contributed by atoms with Gasteiger partial charge in [-0.05, 0) is 35.8 Å². The highest BCUT2D eigenvalue weighted by Crippen LogP contribution is 2.66. The number of amides is 5. The molecule has 0 spiro atoms. The summed E-state index contributed by atoms with van der Waals surface area (Å²) >= 11 is 14.2. The van der Waals surface area contributed by atoms with Crippen molar-refractivity contribution in [1.29, 1.82) is 0 Å². The van der Waals surface area contributed by atoms with Crippen molar-refractivity contribution in [3.05, 3.63) is 82.7 Å². The number of likely N-dealkylation sites (tertiary alicyclic amines) is 1. The van der Waals surface area contributed by atoms with Gasteiger partial charge in [-0.3, -0.25) is 19.2 Å². The van der Waals surface area contributed by atoms with Crippen LogP contribution in [0.4, 0.5) is 32.4 Å². The normalized spacial score (nSPS) is 29.6. The number of nitrogens with zero attached hydrogens (tertiary/aromatic N) is 2. The Bertz CT molecular complexity index is 2070. The third kappa shape index (κ3) is 3.75. The zero-order chi connectivity index (χ0) is 34.8. The maximum absolute atomic E-state index is 15.2. The summed E-state index contributed by atoms with van der Waals surface area (Å²) in [7, 11) is 0.952. The highest BCUT2D eigenvalue weighted by atomic mass is 35.5. The number of alkyl halides is 2. The highest BCUT2D eigenvalue weighted by molar-refractivity contribution is 6.58. The van der Waals surface area contributed by atoms with Crippen LogP contribution in [0.3, 0.4) is 0 Å². The van der Waals surface area contributed by atoms with Gasteiger partial charge in [-0.25, -0.2) is 31.6 Å². The summed E-state index contributed by atoms with van der Waals surface area (Å²) in [6.07, 6.45) is -0.673. The van der Waals surface area contributed by atoms with Crippen LogP contribution in [0.2, 0.25) is 0 Å². The Labute approximate surface area is 276 Å². The lowest BCUT2D eigenvalue weighted by molar-refractivity contribution is -0.138. The molecule has 0 aromatic heterocycles. The van der Waals surface area contributed by atoms with E-state index in [1.807, 2.05) is 0 Å². The van der Waals surface area contributed by atoms with Gasteiger partial charge in [-0.2, -0.15) is 4.90 Å². The third-order valence-electron chi connectivity index (χ3n) is 9.82. The van der Waals surface area contributed by atoms with Gasteiger partial charge in [0, 0.05) is 11.3 Å². The number of carbonyl (C=O) groups excluding carboxylic acids is 5. The zero-order valence-corrected chi connectivity index (χ0v) is 25.7. The lowest BCUT2D eigenvalue weighted by Gasteiger charge is -2.51. The van der Waals surface area contributed by atoms with E-state index in [1.54, 1.807) is 12.1 Å². The quantitative estimate of drug-likeness (QED) is 0.0923. The van der Waals surface area contributed by atoms with Crippen LogP contribution in [0.1, 0.15) is 24.3 Å². The monoisotopic (exact) mass is 708 g/mol. The first-order valence-corrected chi connectivity index (χ1v) is 15.0. The Morgan fingerprint density at radius 1 is 0.854 bits per heavy atom. The topological polar surface area (TPSA) is 121 Å². The standard InChI is InChI=1S/C32H19Cl2F5N2O7/c1-48-30(47)41-26(43)15-7-6-14-16(18(15)27(41)44)10-31(33)28(45)40(25-23(38)21(36)20(35)22(37)24(25)39)29(46)32(31,34)19(14)13-8-9-17(42)12-5-3-2-4-11(12)13/h2-6,8-9,15-16,18-19,42H,7,10H2,1H3. The largest absolute Gasteiger partial charge is 0.507 e. The van der Waals surface area contributed by atoms with E-state index < -0.39 is 104 Å². The van der Waals surface area contributed by atoms with Gasteiger partial charge in [-0.1, -0.05) is 42.0 Å². The molecule has 2 heterocycles. The van der Waals surface area contributed by atoms with Crippen molar-refractivity contribution in [3.63, 3.8) is 0 Å². The number of phenols is 1. The van der Waals surface area contributed by atoms with E-state index >= 15 is 8.78 Å². The number of benzene rings is 3. The molecule has 16 heteroatoms. The molecule has 2 saturated heterocycles. The third-order valence-corrected chi connectivity index (χ3v) is 11.2. The van der Waals surface area contributed by atoms with Crippen molar-refractivity contribution in [2.75, 3.05) is 12.0 Å². The number of aromatic hydroxyl groups is 1. The molecule has 3 aromatic carbocycles. The molecule has 2 aliphatic carbocycles. The number of imide groups is 4. The minimum absolute atomic E-state index is 0.139. The van der Waals surface area contributed by atoms with E-state index in [9.17, 15) is 42.3 Å². The molecule has 0 bridgehead atoms. The molecule has 3 fully saturated rings. The van der Waals surface area contributed by atoms with E-state index in [0.29, 0.717) is 4.90 Å². The molecule has 9 nitrogen and oxygen atoms in total. The van der Waals surface area contributed by atoms with Crippen LogP contribution in [0.25, 0.3) is 10.8 Å². The number of hydrogen-bond acceptors (Lipinski definition) is 7. The van der Waals surface area contributed by atoms with Crippen LogP contribution in [0, 0.1) is 46.8 Å².